The highest BCUT2D eigenvalue weighted by Gasteiger charge is 2.30. The molecule has 33 heavy (non-hydrogen) atoms. The van der Waals surface area contributed by atoms with E-state index in [1.54, 1.807) is 12.1 Å². The molecule has 0 aliphatic heterocycles. The molecule has 3 rings (SSSR count). The maximum absolute atomic E-state index is 12.9. The van der Waals surface area contributed by atoms with Gasteiger partial charge in [-0.05, 0) is 60.7 Å². The van der Waals surface area contributed by atoms with Gasteiger partial charge in [0.05, 0.1) is 12.7 Å². The fourth-order valence-corrected chi connectivity index (χ4v) is 2.78. The summed E-state index contributed by atoms with van der Waals surface area (Å²) in [7, 11) is 1.49. The van der Waals surface area contributed by atoms with E-state index in [1.165, 1.54) is 49.6 Å². The number of amides is 3. The lowest BCUT2D eigenvalue weighted by molar-refractivity contribution is -0.137. The Morgan fingerprint density at radius 1 is 0.727 bits per heavy atom. The number of ether oxygens (including phenoxy) is 1. The minimum absolute atomic E-state index is 0.104. The molecule has 3 aromatic rings. The van der Waals surface area contributed by atoms with Crippen molar-refractivity contribution in [2.45, 2.75) is 6.18 Å². The number of rotatable bonds is 5. The lowest BCUT2D eigenvalue weighted by atomic mass is 10.1. The van der Waals surface area contributed by atoms with Crippen molar-refractivity contribution in [3.63, 3.8) is 0 Å². The second kappa shape index (κ2) is 9.86. The van der Waals surface area contributed by atoms with Gasteiger partial charge in [-0.1, -0.05) is 12.1 Å². The van der Waals surface area contributed by atoms with Gasteiger partial charge in [-0.2, -0.15) is 13.2 Å². The molecule has 0 aliphatic carbocycles. The topological polar surface area (TPSA) is 96.5 Å². The van der Waals surface area contributed by atoms with Crippen molar-refractivity contribution >= 4 is 23.4 Å². The lowest BCUT2D eigenvalue weighted by Crippen LogP contribution is -2.41. The summed E-state index contributed by atoms with van der Waals surface area (Å²) in [5, 5.41) is 2.45. The zero-order valence-corrected chi connectivity index (χ0v) is 17.2. The predicted octanol–water partition coefficient (Wildman–Crippen LogP) is 4.04. The molecule has 7 nitrogen and oxygen atoms in total. The third-order valence-electron chi connectivity index (χ3n) is 4.48. The maximum atomic E-state index is 12.9. The SMILES string of the molecule is COc1ccc(C(=O)NNC(=O)c2cccc(NC(=O)c3cccc(C(F)(F)F)c3)c2)cc1. The van der Waals surface area contributed by atoms with E-state index in [9.17, 15) is 27.6 Å². The molecule has 0 radical (unpaired) electrons. The average molecular weight is 457 g/mol. The van der Waals surface area contributed by atoms with Gasteiger partial charge in [0.25, 0.3) is 17.7 Å². The molecule has 3 amide bonds. The van der Waals surface area contributed by atoms with Crippen LogP contribution in [0.5, 0.6) is 5.75 Å². The standard InChI is InChI=1S/C23H18F3N3O4/c1-33-19-10-8-14(9-11-19)21(31)28-29-22(32)16-5-3-7-18(13-16)27-20(30)15-4-2-6-17(12-15)23(24,25)26/h2-13H,1H3,(H,27,30)(H,28,31)(H,29,32). The number of benzene rings is 3. The Bertz CT molecular complexity index is 1180. The van der Waals surface area contributed by atoms with Crippen molar-refractivity contribution in [3.05, 3.63) is 95.1 Å². The van der Waals surface area contributed by atoms with Crippen LogP contribution in [0.25, 0.3) is 0 Å². The first-order chi connectivity index (χ1) is 15.7. The number of anilines is 1. The van der Waals surface area contributed by atoms with Crippen molar-refractivity contribution in [1.29, 1.82) is 0 Å². The molecule has 0 unspecified atom stereocenters. The molecule has 0 aliphatic rings. The van der Waals surface area contributed by atoms with Crippen molar-refractivity contribution < 1.29 is 32.3 Å². The third kappa shape index (κ3) is 6.10. The van der Waals surface area contributed by atoms with Crippen LogP contribution in [0, 0.1) is 0 Å². The molecule has 0 saturated carbocycles. The van der Waals surface area contributed by atoms with Gasteiger partial charge in [0, 0.05) is 22.4 Å². The van der Waals surface area contributed by atoms with Crippen molar-refractivity contribution in [3.8, 4) is 5.75 Å². The summed E-state index contributed by atoms with van der Waals surface area (Å²) in [4.78, 5) is 36.9. The molecule has 0 fully saturated rings. The van der Waals surface area contributed by atoms with Crippen LogP contribution in [0.15, 0.2) is 72.8 Å². The number of nitrogens with one attached hydrogen (secondary N) is 3. The highest BCUT2D eigenvalue weighted by molar-refractivity contribution is 6.05. The second-order valence-electron chi connectivity index (χ2n) is 6.75. The highest BCUT2D eigenvalue weighted by atomic mass is 19.4. The fourth-order valence-electron chi connectivity index (χ4n) is 2.78. The van der Waals surface area contributed by atoms with Crippen LogP contribution in [0.3, 0.4) is 0 Å². The molecule has 10 heteroatoms. The van der Waals surface area contributed by atoms with Crippen molar-refractivity contribution in [2.75, 3.05) is 12.4 Å². The minimum atomic E-state index is -4.58. The Hall–Kier alpha value is -4.34. The molecule has 0 saturated heterocycles. The van der Waals surface area contributed by atoms with E-state index in [0.29, 0.717) is 11.3 Å². The zero-order chi connectivity index (χ0) is 24.0. The van der Waals surface area contributed by atoms with E-state index in [4.69, 9.17) is 4.74 Å². The van der Waals surface area contributed by atoms with Gasteiger partial charge in [-0.3, -0.25) is 25.2 Å². The van der Waals surface area contributed by atoms with Gasteiger partial charge in [-0.25, -0.2) is 0 Å². The number of alkyl halides is 3. The first kappa shape index (κ1) is 23.3. The normalized spacial score (nSPS) is 10.8. The number of hydrogen-bond donors (Lipinski definition) is 3. The van der Waals surface area contributed by atoms with Crippen molar-refractivity contribution in [2.24, 2.45) is 0 Å². The Labute approximate surface area is 186 Å². The number of hydrazine groups is 1. The lowest BCUT2D eigenvalue weighted by Gasteiger charge is -2.11. The number of carbonyl (C=O) groups is 3. The molecule has 0 atom stereocenters. The predicted molar refractivity (Wildman–Crippen MR) is 114 cm³/mol. The van der Waals surface area contributed by atoms with Crippen LogP contribution < -0.4 is 20.9 Å². The average Bonchev–Trinajstić information content (AvgIpc) is 2.82. The molecular formula is C23H18F3N3O4. The number of methoxy groups -OCH3 is 1. The summed E-state index contributed by atoms with van der Waals surface area (Å²) in [5.74, 6) is -1.42. The van der Waals surface area contributed by atoms with Gasteiger partial charge in [0.15, 0.2) is 0 Å². The smallest absolute Gasteiger partial charge is 0.416 e. The van der Waals surface area contributed by atoms with Gasteiger partial charge in [0.1, 0.15) is 5.75 Å². The van der Waals surface area contributed by atoms with Gasteiger partial charge in [-0.15, -0.1) is 0 Å². The molecule has 0 heterocycles. The first-order valence-corrected chi connectivity index (χ1v) is 9.51. The highest BCUT2D eigenvalue weighted by Crippen LogP contribution is 2.29. The van der Waals surface area contributed by atoms with E-state index in [-0.39, 0.29) is 16.8 Å². The van der Waals surface area contributed by atoms with E-state index < -0.39 is 29.5 Å². The van der Waals surface area contributed by atoms with E-state index >= 15 is 0 Å². The summed E-state index contributed by atoms with van der Waals surface area (Å²) in [5.41, 5.74) is 3.97. The van der Waals surface area contributed by atoms with Crippen molar-refractivity contribution in [1.82, 2.24) is 10.9 Å². The van der Waals surface area contributed by atoms with E-state index in [2.05, 4.69) is 16.2 Å². The molecule has 3 aromatic carbocycles. The van der Waals surface area contributed by atoms with Crippen LogP contribution in [-0.2, 0) is 6.18 Å². The Morgan fingerprint density at radius 3 is 1.91 bits per heavy atom. The number of carbonyl (C=O) groups excluding carboxylic acids is 3. The summed E-state index contributed by atoms with van der Waals surface area (Å²) in [6, 6.07) is 15.9. The Kier molecular flexibility index (Phi) is 6.97. The summed E-state index contributed by atoms with van der Waals surface area (Å²) in [6.45, 7) is 0. The molecule has 0 spiro atoms. The molecular weight excluding hydrogens is 439 g/mol. The summed E-state index contributed by atoms with van der Waals surface area (Å²) < 4.78 is 43.6. The Morgan fingerprint density at radius 2 is 1.30 bits per heavy atom. The van der Waals surface area contributed by atoms with Crippen LogP contribution in [0.2, 0.25) is 0 Å². The summed E-state index contributed by atoms with van der Waals surface area (Å²) >= 11 is 0. The monoisotopic (exact) mass is 457 g/mol. The maximum Gasteiger partial charge on any atom is 0.416 e. The second-order valence-corrected chi connectivity index (χ2v) is 6.75. The van der Waals surface area contributed by atoms with Gasteiger partial charge >= 0.3 is 6.18 Å². The van der Waals surface area contributed by atoms with Crippen LogP contribution in [0.4, 0.5) is 18.9 Å². The van der Waals surface area contributed by atoms with E-state index in [1.807, 2.05) is 0 Å². The van der Waals surface area contributed by atoms with E-state index in [0.717, 1.165) is 18.2 Å². The van der Waals surface area contributed by atoms with Crippen LogP contribution in [-0.4, -0.2) is 24.8 Å². The first-order valence-electron chi connectivity index (χ1n) is 9.51. The number of hydrogen-bond acceptors (Lipinski definition) is 4. The molecule has 3 N–H and O–H groups in total. The van der Waals surface area contributed by atoms with Crippen LogP contribution >= 0.6 is 0 Å². The van der Waals surface area contributed by atoms with Gasteiger partial charge < -0.3 is 10.1 Å². The van der Waals surface area contributed by atoms with Crippen LogP contribution in [0.1, 0.15) is 36.6 Å². The Balaban J connectivity index is 1.63. The molecule has 0 bridgehead atoms. The molecule has 170 valence electrons. The zero-order valence-electron chi connectivity index (χ0n) is 17.2. The largest absolute Gasteiger partial charge is 0.497 e. The third-order valence-corrected chi connectivity index (χ3v) is 4.48. The minimum Gasteiger partial charge on any atom is -0.497 e. The quantitative estimate of drug-likeness (QED) is 0.504. The summed E-state index contributed by atoms with van der Waals surface area (Å²) in [6.07, 6.45) is -4.58. The number of halogens is 3. The van der Waals surface area contributed by atoms with Gasteiger partial charge in [0.2, 0.25) is 0 Å². The molecule has 0 aromatic heterocycles. The fraction of sp³-hybridized carbons (Fsp3) is 0.0870.